The summed E-state index contributed by atoms with van der Waals surface area (Å²) < 4.78 is 7.17. The molecule has 0 aromatic carbocycles. The highest BCUT2D eigenvalue weighted by molar-refractivity contribution is 5.91. The minimum Gasteiger partial charge on any atom is -0.458 e. The number of nitrogens with zero attached hydrogens (tertiary/aromatic N) is 4. The molecule has 0 aliphatic heterocycles. The number of carbonyl (C=O) groups excluding carboxylic acids is 1. The van der Waals surface area contributed by atoms with E-state index in [1.807, 2.05) is 26.8 Å². The summed E-state index contributed by atoms with van der Waals surface area (Å²) in [5, 5.41) is 4.36. The van der Waals surface area contributed by atoms with Crippen molar-refractivity contribution >= 4 is 5.91 Å². The van der Waals surface area contributed by atoms with Gasteiger partial charge in [-0.25, -0.2) is 14.6 Å². The van der Waals surface area contributed by atoms with E-state index in [1.165, 1.54) is 6.07 Å². The largest absolute Gasteiger partial charge is 0.458 e. The molecule has 0 saturated carbocycles. The number of aryl methyl sites for hydroxylation is 3. The van der Waals surface area contributed by atoms with Crippen molar-refractivity contribution in [2.75, 3.05) is 0 Å². The predicted octanol–water partition coefficient (Wildman–Crippen LogP) is 1.95. The summed E-state index contributed by atoms with van der Waals surface area (Å²) in [7, 11) is 0. The molecule has 0 atom stereocenters. The van der Waals surface area contributed by atoms with Crippen LogP contribution in [0.25, 0.3) is 17.4 Å². The van der Waals surface area contributed by atoms with Crippen molar-refractivity contribution in [1.82, 2.24) is 19.7 Å². The van der Waals surface area contributed by atoms with Crippen LogP contribution in [0.1, 0.15) is 27.6 Å². The number of hydrogen-bond acceptors (Lipinski definition) is 5. The van der Waals surface area contributed by atoms with Gasteiger partial charge in [0.15, 0.2) is 17.4 Å². The standard InChI is InChI=1S/C15H15N5O2/c1-8-6-9(2)20(19-8)13-7-11(14(16)21)17-15(18-13)12-5-4-10(3)22-12/h4-7H,1-3H3,(H2,16,21). The van der Waals surface area contributed by atoms with Crippen LogP contribution in [0.4, 0.5) is 0 Å². The lowest BCUT2D eigenvalue weighted by Gasteiger charge is -2.06. The molecular weight excluding hydrogens is 282 g/mol. The van der Waals surface area contributed by atoms with Gasteiger partial charge in [0.05, 0.1) is 5.69 Å². The first-order valence-electron chi connectivity index (χ1n) is 6.73. The maximum absolute atomic E-state index is 11.5. The Morgan fingerprint density at radius 1 is 1.18 bits per heavy atom. The average Bonchev–Trinajstić information content (AvgIpc) is 3.04. The molecule has 0 fully saturated rings. The van der Waals surface area contributed by atoms with Gasteiger partial charge in [-0.2, -0.15) is 5.10 Å². The van der Waals surface area contributed by atoms with Crippen LogP contribution >= 0.6 is 0 Å². The fraction of sp³-hybridized carbons (Fsp3) is 0.200. The summed E-state index contributed by atoms with van der Waals surface area (Å²) in [6, 6.07) is 6.99. The molecule has 0 spiro atoms. The molecule has 0 aliphatic carbocycles. The molecule has 112 valence electrons. The maximum atomic E-state index is 11.5. The molecule has 3 rings (SSSR count). The van der Waals surface area contributed by atoms with Crippen LogP contribution in [-0.4, -0.2) is 25.7 Å². The summed E-state index contributed by atoms with van der Waals surface area (Å²) in [6.07, 6.45) is 0. The van der Waals surface area contributed by atoms with E-state index in [-0.39, 0.29) is 5.69 Å². The first-order chi connectivity index (χ1) is 10.4. The molecule has 0 aliphatic rings. The van der Waals surface area contributed by atoms with Gasteiger partial charge in [0.1, 0.15) is 11.5 Å². The molecule has 2 N–H and O–H groups in total. The monoisotopic (exact) mass is 297 g/mol. The van der Waals surface area contributed by atoms with Crippen LogP contribution in [0, 0.1) is 20.8 Å². The summed E-state index contributed by atoms with van der Waals surface area (Å²) in [5.41, 5.74) is 7.23. The second-order valence-electron chi connectivity index (χ2n) is 5.05. The third-order valence-electron chi connectivity index (χ3n) is 3.15. The number of primary amides is 1. The molecule has 0 radical (unpaired) electrons. The molecule has 7 heteroatoms. The second-order valence-corrected chi connectivity index (χ2v) is 5.05. The Hall–Kier alpha value is -2.96. The second kappa shape index (κ2) is 5.10. The van der Waals surface area contributed by atoms with E-state index in [0.29, 0.717) is 17.4 Å². The summed E-state index contributed by atoms with van der Waals surface area (Å²) in [5.74, 6) is 1.35. The van der Waals surface area contributed by atoms with Crippen LogP contribution in [0.3, 0.4) is 0 Å². The highest BCUT2D eigenvalue weighted by atomic mass is 16.3. The van der Waals surface area contributed by atoms with Gasteiger partial charge < -0.3 is 10.2 Å². The van der Waals surface area contributed by atoms with Gasteiger partial charge in [-0.05, 0) is 39.0 Å². The van der Waals surface area contributed by atoms with Crippen molar-refractivity contribution in [3.8, 4) is 17.4 Å². The van der Waals surface area contributed by atoms with E-state index in [2.05, 4.69) is 15.1 Å². The molecule has 7 nitrogen and oxygen atoms in total. The third kappa shape index (κ3) is 2.48. The highest BCUT2D eigenvalue weighted by Gasteiger charge is 2.15. The van der Waals surface area contributed by atoms with E-state index in [4.69, 9.17) is 10.2 Å². The van der Waals surface area contributed by atoms with Gasteiger partial charge in [-0.1, -0.05) is 0 Å². The molecule has 0 bridgehead atoms. The highest BCUT2D eigenvalue weighted by Crippen LogP contribution is 2.20. The van der Waals surface area contributed by atoms with Gasteiger partial charge in [0, 0.05) is 11.8 Å². The zero-order chi connectivity index (χ0) is 15.9. The normalized spacial score (nSPS) is 10.9. The zero-order valence-electron chi connectivity index (χ0n) is 12.5. The van der Waals surface area contributed by atoms with Gasteiger partial charge in [0.25, 0.3) is 5.91 Å². The molecular formula is C15H15N5O2. The topological polar surface area (TPSA) is 99.8 Å². The molecule has 3 aromatic heterocycles. The van der Waals surface area contributed by atoms with Gasteiger partial charge in [-0.3, -0.25) is 4.79 Å². The Kier molecular flexibility index (Phi) is 3.25. The third-order valence-corrected chi connectivity index (χ3v) is 3.15. The van der Waals surface area contributed by atoms with Crippen LogP contribution in [0.2, 0.25) is 0 Å². The number of amides is 1. The lowest BCUT2D eigenvalue weighted by molar-refractivity contribution is 0.0995. The van der Waals surface area contributed by atoms with E-state index in [0.717, 1.165) is 17.1 Å². The maximum Gasteiger partial charge on any atom is 0.267 e. The molecule has 3 heterocycles. The zero-order valence-corrected chi connectivity index (χ0v) is 12.5. The van der Waals surface area contributed by atoms with Crippen molar-refractivity contribution in [2.24, 2.45) is 5.73 Å². The Morgan fingerprint density at radius 3 is 2.50 bits per heavy atom. The Morgan fingerprint density at radius 2 is 1.95 bits per heavy atom. The van der Waals surface area contributed by atoms with Crippen LogP contribution < -0.4 is 5.73 Å². The van der Waals surface area contributed by atoms with Gasteiger partial charge in [-0.15, -0.1) is 0 Å². The first-order valence-corrected chi connectivity index (χ1v) is 6.73. The fourth-order valence-electron chi connectivity index (χ4n) is 2.19. The molecule has 22 heavy (non-hydrogen) atoms. The average molecular weight is 297 g/mol. The number of furan rings is 1. The summed E-state index contributed by atoms with van der Waals surface area (Å²) >= 11 is 0. The number of nitrogens with two attached hydrogens (primary N) is 1. The lowest BCUT2D eigenvalue weighted by atomic mass is 10.3. The Balaban J connectivity index is 2.20. The van der Waals surface area contributed by atoms with E-state index >= 15 is 0 Å². The van der Waals surface area contributed by atoms with Crippen molar-refractivity contribution in [3.05, 3.63) is 47.1 Å². The minimum absolute atomic E-state index is 0.113. The summed E-state index contributed by atoms with van der Waals surface area (Å²) in [6.45, 7) is 5.61. The number of rotatable bonds is 3. The molecule has 0 unspecified atom stereocenters. The first kappa shape index (κ1) is 14.0. The van der Waals surface area contributed by atoms with Crippen LogP contribution in [-0.2, 0) is 0 Å². The summed E-state index contributed by atoms with van der Waals surface area (Å²) in [4.78, 5) is 20.1. The van der Waals surface area contributed by atoms with E-state index in [9.17, 15) is 4.79 Å². The van der Waals surface area contributed by atoms with E-state index < -0.39 is 5.91 Å². The number of aromatic nitrogens is 4. The van der Waals surface area contributed by atoms with E-state index in [1.54, 1.807) is 16.8 Å². The van der Waals surface area contributed by atoms with Gasteiger partial charge in [0.2, 0.25) is 0 Å². The fourth-order valence-corrected chi connectivity index (χ4v) is 2.19. The SMILES string of the molecule is Cc1cc(C)n(-c2cc(C(N)=O)nc(-c3ccc(C)o3)n2)n1. The van der Waals surface area contributed by atoms with Gasteiger partial charge >= 0.3 is 0 Å². The van der Waals surface area contributed by atoms with Crippen molar-refractivity contribution in [3.63, 3.8) is 0 Å². The molecule has 1 amide bonds. The van der Waals surface area contributed by atoms with Crippen LogP contribution in [0.5, 0.6) is 0 Å². The van der Waals surface area contributed by atoms with Crippen molar-refractivity contribution in [1.29, 1.82) is 0 Å². The van der Waals surface area contributed by atoms with Crippen molar-refractivity contribution in [2.45, 2.75) is 20.8 Å². The van der Waals surface area contributed by atoms with Crippen LogP contribution in [0.15, 0.2) is 28.7 Å². The minimum atomic E-state index is -0.630. The molecule has 0 saturated heterocycles. The Labute approximate surface area is 126 Å². The Bertz CT molecular complexity index is 863. The number of carbonyl (C=O) groups is 1. The van der Waals surface area contributed by atoms with Crippen molar-refractivity contribution < 1.29 is 9.21 Å². The lowest BCUT2D eigenvalue weighted by Crippen LogP contribution is -2.16. The quantitative estimate of drug-likeness (QED) is 0.796. The number of hydrogen-bond donors (Lipinski definition) is 1. The molecule has 3 aromatic rings. The smallest absolute Gasteiger partial charge is 0.267 e. The predicted molar refractivity (Wildman–Crippen MR) is 79.6 cm³/mol.